The summed E-state index contributed by atoms with van der Waals surface area (Å²) in [5.74, 6) is 0.235. The van der Waals surface area contributed by atoms with Gasteiger partial charge in [0.1, 0.15) is 0 Å². The van der Waals surface area contributed by atoms with Crippen molar-refractivity contribution in [1.82, 2.24) is 10.3 Å². The van der Waals surface area contributed by atoms with Crippen LogP contribution in [0.2, 0.25) is 0 Å². The minimum atomic E-state index is -0.988. The second-order valence-electron chi connectivity index (χ2n) is 6.37. The Bertz CT molecular complexity index is 686. The van der Waals surface area contributed by atoms with Gasteiger partial charge in [0.25, 0.3) is 5.91 Å². The average molecular weight is 342 g/mol. The zero-order valence-electron chi connectivity index (χ0n) is 15.0. The van der Waals surface area contributed by atoms with Gasteiger partial charge in [0, 0.05) is 24.4 Å². The highest BCUT2D eigenvalue weighted by Crippen LogP contribution is 2.23. The molecule has 2 N–H and O–H groups in total. The molecule has 1 heterocycles. The molecule has 0 unspecified atom stereocenters. The fraction of sp³-hybridized carbons (Fsp3) is 0.400. The lowest BCUT2D eigenvalue weighted by molar-refractivity contribution is 0.0475. The third-order valence-electron chi connectivity index (χ3n) is 4.19. The summed E-state index contributed by atoms with van der Waals surface area (Å²) in [5, 5.41) is 13.4. The van der Waals surface area contributed by atoms with Crippen LogP contribution in [-0.2, 0) is 5.60 Å². The van der Waals surface area contributed by atoms with Crippen LogP contribution < -0.4 is 10.1 Å². The number of aliphatic hydroxyl groups is 1. The lowest BCUT2D eigenvalue weighted by Gasteiger charge is -2.24. The normalized spacial score (nSPS) is 14.4. The van der Waals surface area contributed by atoms with Crippen molar-refractivity contribution in [3.8, 4) is 5.88 Å². The number of carbonyl (C=O) groups is 1. The highest BCUT2D eigenvalue weighted by atomic mass is 16.5. The Morgan fingerprint density at radius 3 is 2.72 bits per heavy atom. The largest absolute Gasteiger partial charge is 0.475 e. The number of nitrogens with zero attached hydrogens (tertiary/aromatic N) is 1. The fourth-order valence-corrected chi connectivity index (χ4v) is 2.37. The number of benzene rings is 1. The molecule has 134 valence electrons. The van der Waals surface area contributed by atoms with Crippen molar-refractivity contribution in [1.29, 1.82) is 0 Å². The van der Waals surface area contributed by atoms with Crippen LogP contribution in [0.25, 0.3) is 0 Å². The molecular formula is C20H26N2O3. The summed E-state index contributed by atoms with van der Waals surface area (Å²) in [6.45, 7) is 6.10. The third-order valence-corrected chi connectivity index (χ3v) is 4.19. The summed E-state index contributed by atoms with van der Waals surface area (Å²) in [7, 11) is 0. The minimum Gasteiger partial charge on any atom is -0.475 e. The van der Waals surface area contributed by atoms with Crippen LogP contribution in [0.3, 0.4) is 0 Å². The number of carbonyl (C=O) groups excluding carboxylic acids is 1. The zero-order chi connectivity index (χ0) is 18.3. The van der Waals surface area contributed by atoms with Crippen LogP contribution in [0.4, 0.5) is 0 Å². The molecular weight excluding hydrogens is 316 g/mol. The van der Waals surface area contributed by atoms with E-state index in [1.165, 1.54) is 0 Å². The van der Waals surface area contributed by atoms with Gasteiger partial charge in [-0.3, -0.25) is 4.79 Å². The van der Waals surface area contributed by atoms with Gasteiger partial charge in [0.15, 0.2) is 0 Å². The molecule has 25 heavy (non-hydrogen) atoms. The number of aromatic nitrogens is 1. The maximum atomic E-state index is 12.3. The summed E-state index contributed by atoms with van der Waals surface area (Å²) in [5.41, 5.74) is 0.336. The molecule has 0 saturated carbocycles. The number of rotatable bonds is 8. The van der Waals surface area contributed by atoms with E-state index in [1.54, 1.807) is 25.3 Å². The predicted molar refractivity (Wildman–Crippen MR) is 97.6 cm³/mol. The second kappa shape index (κ2) is 8.62. The first-order valence-corrected chi connectivity index (χ1v) is 8.61. The maximum Gasteiger partial charge on any atom is 0.251 e. The van der Waals surface area contributed by atoms with Crippen LogP contribution in [0, 0.1) is 0 Å². The van der Waals surface area contributed by atoms with E-state index in [4.69, 9.17) is 4.74 Å². The van der Waals surface area contributed by atoms with Gasteiger partial charge in [-0.1, -0.05) is 37.3 Å². The number of hydrogen-bond donors (Lipinski definition) is 2. The highest BCUT2D eigenvalue weighted by Gasteiger charge is 2.22. The van der Waals surface area contributed by atoms with E-state index in [-0.39, 0.29) is 12.0 Å². The van der Waals surface area contributed by atoms with E-state index in [9.17, 15) is 9.90 Å². The highest BCUT2D eigenvalue weighted by molar-refractivity contribution is 5.94. The lowest BCUT2D eigenvalue weighted by Crippen LogP contribution is -2.31. The van der Waals surface area contributed by atoms with Gasteiger partial charge in [-0.15, -0.1) is 0 Å². The number of nitrogens with one attached hydrogen (secondary N) is 1. The van der Waals surface area contributed by atoms with E-state index in [0.29, 0.717) is 24.4 Å². The van der Waals surface area contributed by atoms with Gasteiger partial charge in [0.2, 0.25) is 5.88 Å². The zero-order valence-corrected chi connectivity index (χ0v) is 15.0. The summed E-state index contributed by atoms with van der Waals surface area (Å²) in [6, 6.07) is 12.7. The Balaban J connectivity index is 1.91. The molecule has 2 aromatic rings. The monoisotopic (exact) mass is 342 g/mol. The first kappa shape index (κ1) is 18.9. The first-order valence-electron chi connectivity index (χ1n) is 8.61. The van der Waals surface area contributed by atoms with E-state index >= 15 is 0 Å². The second-order valence-corrected chi connectivity index (χ2v) is 6.37. The summed E-state index contributed by atoms with van der Waals surface area (Å²) in [6.07, 6.45) is 2.90. The molecule has 0 bridgehead atoms. The number of hydrogen-bond acceptors (Lipinski definition) is 4. The Morgan fingerprint density at radius 1 is 1.32 bits per heavy atom. The van der Waals surface area contributed by atoms with Crippen molar-refractivity contribution in [3.63, 3.8) is 0 Å². The Kier molecular flexibility index (Phi) is 6.53. The van der Waals surface area contributed by atoms with Gasteiger partial charge in [-0.05, 0) is 38.3 Å². The Labute approximate surface area is 149 Å². The predicted octanol–water partition coefficient (Wildman–Crippen LogP) is 3.29. The van der Waals surface area contributed by atoms with Gasteiger partial charge in [-0.25, -0.2) is 4.98 Å². The summed E-state index contributed by atoms with van der Waals surface area (Å²) < 4.78 is 5.64. The van der Waals surface area contributed by atoms with Crippen LogP contribution in [0.5, 0.6) is 5.88 Å². The molecule has 0 aliphatic rings. The molecule has 0 saturated heterocycles. The van der Waals surface area contributed by atoms with E-state index < -0.39 is 5.60 Å². The van der Waals surface area contributed by atoms with Crippen molar-refractivity contribution in [2.45, 2.75) is 45.3 Å². The maximum absolute atomic E-state index is 12.3. The minimum absolute atomic E-state index is 0.0479. The van der Waals surface area contributed by atoms with E-state index in [0.717, 1.165) is 12.0 Å². The molecule has 0 radical (unpaired) electrons. The molecule has 0 spiro atoms. The molecule has 2 atom stereocenters. The molecule has 5 nitrogen and oxygen atoms in total. The molecule has 0 aliphatic carbocycles. The number of ether oxygens (including phenoxy) is 1. The van der Waals surface area contributed by atoms with Crippen LogP contribution in [0.15, 0.2) is 48.7 Å². The lowest BCUT2D eigenvalue weighted by atomic mass is 9.92. The smallest absolute Gasteiger partial charge is 0.251 e. The Hall–Kier alpha value is -2.40. The van der Waals surface area contributed by atoms with E-state index in [2.05, 4.69) is 10.3 Å². The Morgan fingerprint density at radius 2 is 2.04 bits per heavy atom. The van der Waals surface area contributed by atoms with Gasteiger partial charge in [-0.2, -0.15) is 0 Å². The number of amides is 1. The molecule has 2 rings (SSSR count). The molecule has 1 amide bonds. The molecule has 5 heteroatoms. The third kappa shape index (κ3) is 5.57. The molecule has 1 aromatic carbocycles. The van der Waals surface area contributed by atoms with Crippen molar-refractivity contribution in [3.05, 3.63) is 59.8 Å². The van der Waals surface area contributed by atoms with Crippen molar-refractivity contribution >= 4 is 5.91 Å². The standard InChI is InChI=1S/C20H26N2O3/c1-4-15(2)25-18-14-16(10-12-21-18)19(23)22-13-11-20(3,24)17-8-6-5-7-9-17/h5-10,12,14-15,24H,4,11,13H2,1-3H3,(H,22,23)/t15-,20+/m0/s1. The SMILES string of the molecule is CC[C@H](C)Oc1cc(C(=O)NCC[C@@](C)(O)c2ccccc2)ccn1. The topological polar surface area (TPSA) is 71.5 Å². The van der Waals surface area contributed by atoms with Gasteiger partial charge < -0.3 is 15.2 Å². The molecule has 0 aliphatic heterocycles. The number of pyridine rings is 1. The van der Waals surface area contributed by atoms with Crippen molar-refractivity contribution in [2.75, 3.05) is 6.54 Å². The van der Waals surface area contributed by atoms with E-state index in [1.807, 2.05) is 44.2 Å². The van der Waals surface area contributed by atoms with Crippen molar-refractivity contribution < 1.29 is 14.6 Å². The summed E-state index contributed by atoms with van der Waals surface area (Å²) >= 11 is 0. The van der Waals surface area contributed by atoms with Crippen molar-refractivity contribution in [2.24, 2.45) is 0 Å². The fourth-order valence-electron chi connectivity index (χ4n) is 2.37. The van der Waals surface area contributed by atoms with Gasteiger partial charge >= 0.3 is 0 Å². The molecule has 1 aromatic heterocycles. The van der Waals surface area contributed by atoms with Crippen LogP contribution >= 0.6 is 0 Å². The van der Waals surface area contributed by atoms with Gasteiger partial charge in [0.05, 0.1) is 11.7 Å². The summed E-state index contributed by atoms with van der Waals surface area (Å²) in [4.78, 5) is 16.4. The average Bonchev–Trinajstić information content (AvgIpc) is 2.62. The first-order chi connectivity index (χ1) is 11.9. The van der Waals surface area contributed by atoms with Crippen LogP contribution in [-0.4, -0.2) is 28.6 Å². The molecule has 0 fully saturated rings. The van der Waals surface area contributed by atoms with Crippen LogP contribution in [0.1, 0.15) is 49.5 Å². The quantitative estimate of drug-likeness (QED) is 0.772.